The molecule has 2 N–H and O–H groups in total. The molecule has 3 rings (SSSR count). The van der Waals surface area contributed by atoms with Crippen LogP contribution < -0.4 is 10.0 Å². The zero-order chi connectivity index (χ0) is 22.8. The standard InChI is InChI=1S/C21H18ClN3O5S/c1-13-6-7-15(12-20(13)25(27)28)21(26)23-16-8-10-17(11-9-16)31(29,30)24-19-5-3-4-18(22)14(19)2/h3-12,24H,1-2H3,(H,23,26). The van der Waals surface area contributed by atoms with Gasteiger partial charge in [0.2, 0.25) is 0 Å². The van der Waals surface area contributed by atoms with Crippen molar-refractivity contribution in [2.75, 3.05) is 10.0 Å². The number of hydrogen-bond donors (Lipinski definition) is 2. The number of nitrogens with one attached hydrogen (secondary N) is 2. The van der Waals surface area contributed by atoms with Crippen LogP contribution in [-0.2, 0) is 10.0 Å². The lowest BCUT2D eigenvalue weighted by atomic mass is 10.1. The van der Waals surface area contributed by atoms with Crippen molar-refractivity contribution in [1.29, 1.82) is 0 Å². The molecule has 0 saturated heterocycles. The average molecular weight is 460 g/mol. The number of hydrogen-bond acceptors (Lipinski definition) is 5. The zero-order valence-corrected chi connectivity index (χ0v) is 18.1. The van der Waals surface area contributed by atoms with E-state index in [9.17, 15) is 23.3 Å². The molecule has 0 radical (unpaired) electrons. The van der Waals surface area contributed by atoms with Crippen molar-refractivity contribution in [3.63, 3.8) is 0 Å². The van der Waals surface area contributed by atoms with E-state index in [0.717, 1.165) is 0 Å². The Kier molecular flexibility index (Phi) is 6.28. The van der Waals surface area contributed by atoms with Gasteiger partial charge >= 0.3 is 0 Å². The van der Waals surface area contributed by atoms with Gasteiger partial charge in [0.1, 0.15) is 0 Å². The van der Waals surface area contributed by atoms with E-state index >= 15 is 0 Å². The van der Waals surface area contributed by atoms with Crippen LogP contribution in [0.2, 0.25) is 5.02 Å². The number of nitro groups is 1. The van der Waals surface area contributed by atoms with E-state index in [-0.39, 0.29) is 16.1 Å². The lowest BCUT2D eigenvalue weighted by Gasteiger charge is -2.12. The monoisotopic (exact) mass is 459 g/mol. The molecule has 0 aromatic heterocycles. The van der Waals surface area contributed by atoms with Crippen LogP contribution in [0.1, 0.15) is 21.5 Å². The minimum absolute atomic E-state index is 0.00384. The van der Waals surface area contributed by atoms with Crippen LogP contribution >= 0.6 is 11.6 Å². The average Bonchev–Trinajstić information content (AvgIpc) is 2.71. The second-order valence-electron chi connectivity index (χ2n) is 6.75. The highest BCUT2D eigenvalue weighted by Gasteiger charge is 2.18. The number of sulfonamides is 1. The van der Waals surface area contributed by atoms with Gasteiger partial charge in [-0.2, -0.15) is 0 Å². The van der Waals surface area contributed by atoms with E-state index in [2.05, 4.69) is 10.0 Å². The van der Waals surface area contributed by atoms with Crippen molar-refractivity contribution in [2.24, 2.45) is 0 Å². The highest BCUT2D eigenvalue weighted by atomic mass is 35.5. The first kappa shape index (κ1) is 22.3. The van der Waals surface area contributed by atoms with Crippen molar-refractivity contribution in [3.05, 3.63) is 92.5 Å². The van der Waals surface area contributed by atoms with Gasteiger partial charge in [-0.3, -0.25) is 19.6 Å². The predicted molar refractivity (Wildman–Crippen MR) is 119 cm³/mol. The number of carbonyl (C=O) groups excluding carboxylic acids is 1. The predicted octanol–water partition coefficient (Wildman–Crippen LogP) is 4.92. The number of rotatable bonds is 6. The highest BCUT2D eigenvalue weighted by molar-refractivity contribution is 7.92. The van der Waals surface area contributed by atoms with E-state index in [4.69, 9.17) is 11.6 Å². The molecule has 0 aliphatic rings. The van der Waals surface area contributed by atoms with Gasteiger partial charge in [0.25, 0.3) is 21.6 Å². The summed E-state index contributed by atoms with van der Waals surface area (Å²) in [6.45, 7) is 3.28. The number of anilines is 2. The van der Waals surface area contributed by atoms with Crippen LogP contribution in [0.5, 0.6) is 0 Å². The largest absolute Gasteiger partial charge is 0.322 e. The maximum atomic E-state index is 12.6. The van der Waals surface area contributed by atoms with Gasteiger partial charge in [-0.25, -0.2) is 8.42 Å². The molecule has 0 bridgehead atoms. The third-order valence-electron chi connectivity index (χ3n) is 4.60. The number of nitro benzene ring substituents is 1. The van der Waals surface area contributed by atoms with Gasteiger partial charge in [-0.15, -0.1) is 0 Å². The number of carbonyl (C=O) groups is 1. The molecule has 160 valence electrons. The van der Waals surface area contributed by atoms with E-state index in [1.807, 2.05) is 0 Å². The molecule has 0 aliphatic carbocycles. The normalized spacial score (nSPS) is 11.1. The van der Waals surface area contributed by atoms with E-state index < -0.39 is 20.9 Å². The van der Waals surface area contributed by atoms with E-state index in [1.165, 1.54) is 42.5 Å². The first-order chi connectivity index (χ1) is 14.6. The molecule has 0 fully saturated rings. The number of nitrogens with zero attached hydrogens (tertiary/aromatic N) is 1. The fourth-order valence-corrected chi connectivity index (χ4v) is 4.09. The van der Waals surface area contributed by atoms with Gasteiger partial charge in [0.15, 0.2) is 0 Å². The molecule has 3 aromatic rings. The molecule has 0 unspecified atom stereocenters. The molecule has 0 spiro atoms. The quantitative estimate of drug-likeness (QED) is 0.400. The Morgan fingerprint density at radius 2 is 1.71 bits per heavy atom. The first-order valence-corrected chi connectivity index (χ1v) is 10.9. The fourth-order valence-electron chi connectivity index (χ4n) is 2.79. The summed E-state index contributed by atoms with van der Waals surface area (Å²) in [7, 11) is -3.87. The topological polar surface area (TPSA) is 118 Å². The Morgan fingerprint density at radius 3 is 2.35 bits per heavy atom. The summed E-state index contributed by atoms with van der Waals surface area (Å²) in [6.07, 6.45) is 0. The molecule has 3 aromatic carbocycles. The zero-order valence-electron chi connectivity index (χ0n) is 16.5. The lowest BCUT2D eigenvalue weighted by molar-refractivity contribution is -0.385. The van der Waals surface area contributed by atoms with Gasteiger partial charge in [0.05, 0.1) is 15.5 Å². The maximum Gasteiger partial charge on any atom is 0.273 e. The Hall–Kier alpha value is -3.43. The minimum Gasteiger partial charge on any atom is -0.322 e. The summed E-state index contributed by atoms with van der Waals surface area (Å²) in [6, 6.07) is 14.6. The Bertz CT molecular complexity index is 1270. The lowest BCUT2D eigenvalue weighted by Crippen LogP contribution is -2.15. The van der Waals surface area contributed by atoms with Crippen LogP contribution in [0.15, 0.2) is 65.6 Å². The fraction of sp³-hybridized carbons (Fsp3) is 0.0952. The summed E-state index contributed by atoms with van der Waals surface area (Å²) in [5.74, 6) is -0.550. The van der Waals surface area contributed by atoms with E-state index in [1.54, 1.807) is 32.0 Å². The third kappa shape index (κ3) is 5.01. The van der Waals surface area contributed by atoms with Crippen LogP contribution in [0, 0.1) is 24.0 Å². The van der Waals surface area contributed by atoms with E-state index in [0.29, 0.717) is 27.5 Å². The van der Waals surface area contributed by atoms with Crippen LogP contribution in [0.3, 0.4) is 0 Å². The summed E-state index contributed by atoms with van der Waals surface area (Å²) in [5.41, 5.74) is 1.71. The van der Waals surface area contributed by atoms with Crippen molar-refractivity contribution in [1.82, 2.24) is 0 Å². The smallest absolute Gasteiger partial charge is 0.273 e. The summed E-state index contributed by atoms with van der Waals surface area (Å²) in [5, 5.41) is 14.1. The molecule has 0 aliphatic heterocycles. The molecule has 0 heterocycles. The van der Waals surface area contributed by atoms with Crippen LogP contribution in [-0.4, -0.2) is 19.2 Å². The van der Waals surface area contributed by atoms with Gasteiger partial charge in [-0.1, -0.05) is 23.7 Å². The Labute approximate surface area is 184 Å². The second-order valence-corrected chi connectivity index (χ2v) is 8.84. The Balaban J connectivity index is 1.77. The number of amides is 1. The summed E-state index contributed by atoms with van der Waals surface area (Å²) >= 11 is 6.03. The molecule has 31 heavy (non-hydrogen) atoms. The van der Waals surface area contributed by atoms with Crippen molar-refractivity contribution in [3.8, 4) is 0 Å². The van der Waals surface area contributed by atoms with Gasteiger partial charge in [0, 0.05) is 27.9 Å². The number of halogens is 1. The number of benzene rings is 3. The van der Waals surface area contributed by atoms with Crippen LogP contribution in [0.25, 0.3) is 0 Å². The molecule has 8 nitrogen and oxygen atoms in total. The van der Waals surface area contributed by atoms with Crippen LogP contribution in [0.4, 0.5) is 17.1 Å². The molecule has 1 amide bonds. The van der Waals surface area contributed by atoms with Crippen molar-refractivity contribution < 1.29 is 18.1 Å². The second kappa shape index (κ2) is 8.75. The molecular weight excluding hydrogens is 442 g/mol. The van der Waals surface area contributed by atoms with Crippen molar-refractivity contribution >= 4 is 44.6 Å². The molecular formula is C21H18ClN3O5S. The SMILES string of the molecule is Cc1ccc(C(=O)Nc2ccc(S(=O)(=O)Nc3cccc(Cl)c3C)cc2)cc1[N+](=O)[O-]. The molecule has 10 heteroatoms. The first-order valence-electron chi connectivity index (χ1n) is 9.03. The van der Waals surface area contributed by atoms with Gasteiger partial charge in [-0.05, 0) is 61.9 Å². The van der Waals surface area contributed by atoms with Crippen molar-refractivity contribution in [2.45, 2.75) is 18.7 Å². The number of aryl methyl sites for hydroxylation is 1. The Morgan fingerprint density at radius 1 is 1.03 bits per heavy atom. The highest BCUT2D eigenvalue weighted by Crippen LogP contribution is 2.26. The minimum atomic E-state index is -3.87. The summed E-state index contributed by atoms with van der Waals surface area (Å²) < 4.78 is 27.8. The van der Waals surface area contributed by atoms with Gasteiger partial charge < -0.3 is 5.32 Å². The molecule has 0 atom stereocenters. The third-order valence-corrected chi connectivity index (χ3v) is 6.39. The molecule has 0 saturated carbocycles. The summed E-state index contributed by atoms with van der Waals surface area (Å²) in [4.78, 5) is 22.9. The maximum absolute atomic E-state index is 12.6.